The Morgan fingerprint density at radius 1 is 1.38 bits per heavy atom. The fraction of sp³-hybridized carbons (Fsp3) is 0.583. The number of hydrogen-bond acceptors (Lipinski definition) is 3. The van der Waals surface area contributed by atoms with Gasteiger partial charge in [-0.2, -0.15) is 0 Å². The van der Waals surface area contributed by atoms with Crippen LogP contribution in [0.15, 0.2) is 18.3 Å². The molecule has 0 saturated heterocycles. The van der Waals surface area contributed by atoms with Crippen molar-refractivity contribution in [3.63, 3.8) is 0 Å². The highest BCUT2D eigenvalue weighted by Crippen LogP contribution is 2.15. The second kappa shape index (κ2) is 5.45. The van der Waals surface area contributed by atoms with Gasteiger partial charge in [-0.15, -0.1) is 0 Å². The first kappa shape index (κ1) is 13.2. The Labute approximate surface area is 99.2 Å². The van der Waals surface area contributed by atoms with E-state index in [0.29, 0.717) is 11.9 Å². The fourth-order valence-corrected chi connectivity index (χ4v) is 2.84. The third-order valence-electron chi connectivity index (χ3n) is 2.29. The molecule has 0 radical (unpaired) electrons. The van der Waals surface area contributed by atoms with Gasteiger partial charge >= 0.3 is 0 Å². The molecule has 1 rings (SSSR count). The molecule has 0 bridgehead atoms. The number of hydrogen-bond donors (Lipinski definition) is 1. The minimum absolute atomic E-state index is 0.303. The van der Waals surface area contributed by atoms with Crippen molar-refractivity contribution < 1.29 is 4.43 Å². The van der Waals surface area contributed by atoms with Crippen LogP contribution in [0.3, 0.4) is 0 Å². The Hall–Kier alpha value is -0.873. The van der Waals surface area contributed by atoms with Gasteiger partial charge in [-0.1, -0.05) is 13.0 Å². The molecule has 0 spiro atoms. The second-order valence-electron chi connectivity index (χ2n) is 5.06. The third kappa shape index (κ3) is 4.77. The predicted molar refractivity (Wildman–Crippen MR) is 70.9 cm³/mol. The molecule has 2 N–H and O–H groups in total. The number of nitrogens with two attached hydrogens (primary N) is 1. The van der Waals surface area contributed by atoms with Crippen molar-refractivity contribution in [3.05, 3.63) is 23.9 Å². The highest BCUT2D eigenvalue weighted by atomic mass is 28.4. The summed E-state index contributed by atoms with van der Waals surface area (Å²) in [5.41, 5.74) is 6.75. The Morgan fingerprint density at radius 2 is 2.06 bits per heavy atom. The quantitative estimate of drug-likeness (QED) is 0.802. The topological polar surface area (TPSA) is 48.1 Å². The summed E-state index contributed by atoms with van der Waals surface area (Å²) in [6.45, 7) is 8.82. The van der Waals surface area contributed by atoms with Crippen LogP contribution in [0.4, 0.5) is 5.82 Å². The SMILES string of the molecule is CCC(Cc1ccc(N)nc1)O[Si](C)(C)C. The summed E-state index contributed by atoms with van der Waals surface area (Å²) in [6.07, 6.45) is 4.10. The minimum Gasteiger partial charge on any atom is -0.414 e. The van der Waals surface area contributed by atoms with Gasteiger partial charge in [0.2, 0.25) is 0 Å². The first-order valence-corrected chi connectivity index (χ1v) is 9.20. The molecule has 0 saturated carbocycles. The monoisotopic (exact) mass is 238 g/mol. The Balaban J connectivity index is 2.60. The van der Waals surface area contributed by atoms with E-state index < -0.39 is 8.32 Å². The molecule has 0 aliphatic heterocycles. The van der Waals surface area contributed by atoms with E-state index in [2.05, 4.69) is 31.5 Å². The summed E-state index contributed by atoms with van der Waals surface area (Å²) < 4.78 is 6.10. The molecule has 1 atom stereocenters. The van der Waals surface area contributed by atoms with Gasteiger partial charge in [-0.3, -0.25) is 0 Å². The van der Waals surface area contributed by atoms with Gasteiger partial charge in [-0.25, -0.2) is 4.98 Å². The smallest absolute Gasteiger partial charge is 0.184 e. The fourth-order valence-electron chi connectivity index (χ4n) is 1.59. The highest BCUT2D eigenvalue weighted by molar-refractivity contribution is 6.69. The van der Waals surface area contributed by atoms with Crippen molar-refractivity contribution in [1.82, 2.24) is 4.98 Å². The van der Waals surface area contributed by atoms with Crippen LogP contribution in [0.25, 0.3) is 0 Å². The van der Waals surface area contributed by atoms with E-state index in [0.717, 1.165) is 12.8 Å². The normalized spacial score (nSPS) is 13.8. The second-order valence-corrected chi connectivity index (χ2v) is 9.52. The van der Waals surface area contributed by atoms with Gasteiger partial charge < -0.3 is 10.2 Å². The molecule has 1 unspecified atom stereocenters. The van der Waals surface area contributed by atoms with E-state index in [1.54, 1.807) is 0 Å². The molecular formula is C12H22N2OSi. The number of nitrogens with zero attached hydrogens (tertiary/aromatic N) is 1. The Morgan fingerprint density at radius 3 is 2.50 bits per heavy atom. The van der Waals surface area contributed by atoms with Gasteiger partial charge in [-0.05, 0) is 44.1 Å². The zero-order chi connectivity index (χ0) is 12.2. The van der Waals surface area contributed by atoms with Gasteiger partial charge in [0.1, 0.15) is 5.82 Å². The maximum Gasteiger partial charge on any atom is 0.184 e. The predicted octanol–water partition coefficient (Wildman–Crippen LogP) is 2.84. The lowest BCUT2D eigenvalue weighted by molar-refractivity contribution is 0.190. The largest absolute Gasteiger partial charge is 0.414 e. The zero-order valence-corrected chi connectivity index (χ0v) is 11.7. The minimum atomic E-state index is -1.45. The molecular weight excluding hydrogens is 216 g/mol. The average Bonchev–Trinajstić information content (AvgIpc) is 2.18. The summed E-state index contributed by atoms with van der Waals surface area (Å²) in [7, 11) is -1.45. The Bertz CT molecular complexity index is 319. The number of rotatable bonds is 5. The standard InChI is InChI=1S/C12H22N2OSi/c1-5-11(15-16(2,3)4)8-10-6-7-12(13)14-9-10/h6-7,9,11H,5,8H2,1-4H3,(H2,13,14). The lowest BCUT2D eigenvalue weighted by Gasteiger charge is -2.25. The van der Waals surface area contributed by atoms with Crippen molar-refractivity contribution in [2.45, 2.75) is 45.5 Å². The molecule has 3 nitrogen and oxygen atoms in total. The van der Waals surface area contributed by atoms with Crippen LogP contribution in [-0.4, -0.2) is 19.4 Å². The first-order valence-electron chi connectivity index (χ1n) is 5.79. The molecule has 0 aliphatic rings. The average molecular weight is 238 g/mol. The molecule has 16 heavy (non-hydrogen) atoms. The van der Waals surface area contributed by atoms with Crippen LogP contribution in [-0.2, 0) is 10.8 Å². The van der Waals surface area contributed by atoms with Crippen LogP contribution < -0.4 is 5.73 Å². The number of pyridine rings is 1. The number of nitrogen functional groups attached to an aromatic ring is 1. The lowest BCUT2D eigenvalue weighted by Crippen LogP contribution is -2.32. The van der Waals surface area contributed by atoms with Gasteiger partial charge in [0, 0.05) is 12.3 Å². The van der Waals surface area contributed by atoms with Gasteiger partial charge in [0.05, 0.1) is 0 Å². The number of anilines is 1. The summed E-state index contributed by atoms with van der Waals surface area (Å²) >= 11 is 0. The lowest BCUT2D eigenvalue weighted by atomic mass is 10.1. The third-order valence-corrected chi connectivity index (χ3v) is 3.33. The molecule has 90 valence electrons. The first-order chi connectivity index (χ1) is 7.40. The molecule has 0 aliphatic carbocycles. The van der Waals surface area contributed by atoms with Crippen molar-refractivity contribution in [2.75, 3.05) is 5.73 Å². The van der Waals surface area contributed by atoms with Gasteiger partial charge in [0.15, 0.2) is 8.32 Å². The van der Waals surface area contributed by atoms with Crippen LogP contribution in [0.1, 0.15) is 18.9 Å². The van der Waals surface area contributed by atoms with Crippen LogP contribution in [0.5, 0.6) is 0 Å². The van der Waals surface area contributed by atoms with Crippen molar-refractivity contribution in [2.24, 2.45) is 0 Å². The van der Waals surface area contributed by atoms with E-state index in [1.807, 2.05) is 18.3 Å². The number of aromatic nitrogens is 1. The Kier molecular flexibility index (Phi) is 4.50. The molecule has 4 heteroatoms. The summed E-state index contributed by atoms with van der Waals surface area (Å²) in [5.74, 6) is 0.572. The molecule has 1 aromatic rings. The van der Waals surface area contributed by atoms with E-state index in [9.17, 15) is 0 Å². The summed E-state index contributed by atoms with van der Waals surface area (Å²) in [5, 5.41) is 0. The molecule has 0 amide bonds. The highest BCUT2D eigenvalue weighted by Gasteiger charge is 2.20. The zero-order valence-electron chi connectivity index (χ0n) is 10.7. The molecule has 1 aromatic heterocycles. The van der Waals surface area contributed by atoms with E-state index >= 15 is 0 Å². The van der Waals surface area contributed by atoms with Gasteiger partial charge in [0.25, 0.3) is 0 Å². The van der Waals surface area contributed by atoms with Crippen molar-refractivity contribution >= 4 is 14.1 Å². The summed E-state index contributed by atoms with van der Waals surface area (Å²) in [6, 6.07) is 3.87. The van der Waals surface area contributed by atoms with E-state index in [-0.39, 0.29) is 0 Å². The maximum atomic E-state index is 6.10. The van der Waals surface area contributed by atoms with Crippen molar-refractivity contribution in [3.8, 4) is 0 Å². The van der Waals surface area contributed by atoms with E-state index in [4.69, 9.17) is 10.2 Å². The van der Waals surface area contributed by atoms with Crippen molar-refractivity contribution in [1.29, 1.82) is 0 Å². The molecule has 0 fully saturated rings. The molecule has 0 aromatic carbocycles. The van der Waals surface area contributed by atoms with E-state index in [1.165, 1.54) is 5.56 Å². The maximum absolute atomic E-state index is 6.10. The van der Waals surface area contributed by atoms with Crippen LogP contribution >= 0.6 is 0 Å². The molecule has 1 heterocycles. The van der Waals surface area contributed by atoms with Crippen LogP contribution in [0, 0.1) is 0 Å². The summed E-state index contributed by atoms with van der Waals surface area (Å²) in [4.78, 5) is 4.10. The van der Waals surface area contributed by atoms with Crippen LogP contribution in [0.2, 0.25) is 19.6 Å².